The average Bonchev–Trinajstić information content (AvgIpc) is 2.87. The van der Waals surface area contributed by atoms with Crippen LogP contribution in [0.15, 0.2) is 54.7 Å². The van der Waals surface area contributed by atoms with E-state index in [1.165, 1.54) is 28.5 Å². The van der Waals surface area contributed by atoms with E-state index in [4.69, 9.17) is 0 Å². The fourth-order valence-corrected chi connectivity index (χ4v) is 2.68. The molecule has 102 valence electrons. The van der Waals surface area contributed by atoms with Gasteiger partial charge in [-0.25, -0.2) is 0 Å². The molecule has 2 nitrogen and oxygen atoms in total. The van der Waals surface area contributed by atoms with Crippen LogP contribution in [0.25, 0.3) is 10.9 Å². The first kappa shape index (κ1) is 12.9. The molecule has 1 heterocycles. The summed E-state index contributed by atoms with van der Waals surface area (Å²) >= 11 is 0. The Kier molecular flexibility index (Phi) is 3.55. The van der Waals surface area contributed by atoms with Crippen molar-refractivity contribution in [2.24, 2.45) is 7.05 Å². The number of hydrogen-bond donors (Lipinski definition) is 0. The number of aryl methyl sites for hydroxylation is 2. The second kappa shape index (κ2) is 5.49. The molecule has 0 aliphatic rings. The van der Waals surface area contributed by atoms with E-state index in [9.17, 15) is 0 Å². The van der Waals surface area contributed by atoms with E-state index in [2.05, 4.69) is 60.6 Å². The van der Waals surface area contributed by atoms with Crippen molar-refractivity contribution in [3.8, 4) is 0 Å². The molecule has 0 saturated heterocycles. The van der Waals surface area contributed by atoms with Crippen molar-refractivity contribution in [2.45, 2.75) is 25.7 Å². The second-order valence-corrected chi connectivity index (χ2v) is 5.51. The van der Waals surface area contributed by atoms with Crippen molar-refractivity contribution in [3.05, 3.63) is 65.9 Å². The van der Waals surface area contributed by atoms with Crippen LogP contribution in [-0.2, 0) is 13.5 Å². The van der Waals surface area contributed by atoms with Crippen molar-refractivity contribution in [2.75, 3.05) is 0 Å². The number of rotatable bonds is 4. The smallest absolute Gasteiger partial charge is 0.0679 e. The maximum absolute atomic E-state index is 4.31. The van der Waals surface area contributed by atoms with Crippen LogP contribution in [0.2, 0.25) is 0 Å². The van der Waals surface area contributed by atoms with E-state index in [0.29, 0.717) is 5.92 Å². The number of nitrogens with zero attached hydrogens (tertiary/aromatic N) is 2. The molecular weight excluding hydrogens is 244 g/mol. The summed E-state index contributed by atoms with van der Waals surface area (Å²) in [4.78, 5) is 0. The monoisotopic (exact) mass is 264 g/mol. The van der Waals surface area contributed by atoms with Crippen LogP contribution < -0.4 is 0 Å². The van der Waals surface area contributed by atoms with Gasteiger partial charge in [-0.15, -0.1) is 0 Å². The normalized spacial score (nSPS) is 12.7. The summed E-state index contributed by atoms with van der Waals surface area (Å²) in [7, 11) is 1.99. The van der Waals surface area contributed by atoms with Crippen LogP contribution in [0.1, 0.15) is 30.4 Å². The van der Waals surface area contributed by atoms with Gasteiger partial charge in [0.05, 0.1) is 11.7 Å². The van der Waals surface area contributed by atoms with Gasteiger partial charge in [0.25, 0.3) is 0 Å². The molecule has 0 fully saturated rings. The Hall–Kier alpha value is -2.09. The van der Waals surface area contributed by atoms with E-state index in [1.54, 1.807) is 0 Å². The first-order chi connectivity index (χ1) is 9.74. The third-order valence-electron chi connectivity index (χ3n) is 4.05. The Bertz CT molecular complexity index is 698. The van der Waals surface area contributed by atoms with Crippen molar-refractivity contribution in [1.29, 1.82) is 0 Å². The molecular formula is C18H20N2. The van der Waals surface area contributed by atoms with Crippen LogP contribution >= 0.6 is 0 Å². The molecule has 0 spiro atoms. The van der Waals surface area contributed by atoms with Gasteiger partial charge < -0.3 is 0 Å². The molecule has 0 aliphatic carbocycles. The van der Waals surface area contributed by atoms with E-state index in [1.807, 2.05) is 17.9 Å². The van der Waals surface area contributed by atoms with E-state index < -0.39 is 0 Å². The zero-order valence-electron chi connectivity index (χ0n) is 12.1. The quantitative estimate of drug-likeness (QED) is 0.686. The predicted molar refractivity (Wildman–Crippen MR) is 83.9 cm³/mol. The summed E-state index contributed by atoms with van der Waals surface area (Å²) in [6.45, 7) is 2.31. The molecule has 3 aromatic rings. The molecule has 1 aromatic heterocycles. The number of hydrogen-bond acceptors (Lipinski definition) is 1. The molecule has 1 atom stereocenters. The Labute approximate surface area is 120 Å². The maximum Gasteiger partial charge on any atom is 0.0679 e. The Morgan fingerprint density at radius 2 is 1.90 bits per heavy atom. The van der Waals surface area contributed by atoms with E-state index in [0.717, 1.165) is 6.42 Å². The molecule has 0 amide bonds. The second-order valence-electron chi connectivity index (χ2n) is 5.51. The zero-order chi connectivity index (χ0) is 13.9. The molecule has 0 N–H and O–H groups in total. The highest BCUT2D eigenvalue weighted by molar-refractivity contribution is 5.79. The Morgan fingerprint density at radius 1 is 1.10 bits per heavy atom. The Balaban J connectivity index is 1.73. The first-order valence-electron chi connectivity index (χ1n) is 7.19. The lowest BCUT2D eigenvalue weighted by molar-refractivity contribution is 0.680. The highest BCUT2D eigenvalue weighted by Gasteiger charge is 2.08. The highest BCUT2D eigenvalue weighted by Crippen LogP contribution is 2.24. The van der Waals surface area contributed by atoms with Gasteiger partial charge in [0.1, 0.15) is 0 Å². The number of fused-ring (bicyclic) bond motifs is 1. The molecule has 2 heteroatoms. The largest absolute Gasteiger partial charge is 0.268 e. The summed E-state index contributed by atoms with van der Waals surface area (Å²) in [6, 6.07) is 17.4. The lowest BCUT2D eigenvalue weighted by Crippen LogP contribution is -1.97. The summed E-state index contributed by atoms with van der Waals surface area (Å²) in [5.41, 5.74) is 4.02. The van der Waals surface area contributed by atoms with Gasteiger partial charge in [0.15, 0.2) is 0 Å². The SMILES string of the molecule is C[C@H](CCc1ccccc1)c1ccc2c(cnn2C)c1. The Morgan fingerprint density at radius 3 is 2.70 bits per heavy atom. The van der Waals surface area contributed by atoms with Gasteiger partial charge in [-0.1, -0.05) is 43.3 Å². The molecule has 3 rings (SSSR count). The van der Waals surface area contributed by atoms with Crippen LogP contribution in [-0.4, -0.2) is 9.78 Å². The third kappa shape index (κ3) is 2.60. The minimum atomic E-state index is 0.569. The van der Waals surface area contributed by atoms with Crippen molar-refractivity contribution in [1.82, 2.24) is 9.78 Å². The van der Waals surface area contributed by atoms with Gasteiger partial charge in [-0.2, -0.15) is 5.10 Å². The van der Waals surface area contributed by atoms with Gasteiger partial charge in [-0.3, -0.25) is 4.68 Å². The van der Waals surface area contributed by atoms with Crippen LogP contribution in [0.3, 0.4) is 0 Å². The van der Waals surface area contributed by atoms with E-state index in [-0.39, 0.29) is 0 Å². The minimum Gasteiger partial charge on any atom is -0.268 e. The van der Waals surface area contributed by atoms with Crippen molar-refractivity contribution in [3.63, 3.8) is 0 Å². The first-order valence-corrected chi connectivity index (χ1v) is 7.19. The summed E-state index contributed by atoms with van der Waals surface area (Å²) in [5.74, 6) is 0.569. The van der Waals surface area contributed by atoms with E-state index >= 15 is 0 Å². The van der Waals surface area contributed by atoms with Crippen molar-refractivity contribution >= 4 is 10.9 Å². The molecule has 0 bridgehead atoms. The van der Waals surface area contributed by atoms with Gasteiger partial charge >= 0.3 is 0 Å². The number of aromatic nitrogens is 2. The van der Waals surface area contributed by atoms with Crippen molar-refractivity contribution < 1.29 is 0 Å². The minimum absolute atomic E-state index is 0.569. The van der Waals surface area contributed by atoms with Gasteiger partial charge in [0.2, 0.25) is 0 Å². The summed E-state index contributed by atoms with van der Waals surface area (Å²) in [6.07, 6.45) is 4.26. The van der Waals surface area contributed by atoms with Crippen LogP contribution in [0, 0.1) is 0 Å². The molecule has 0 radical (unpaired) electrons. The predicted octanol–water partition coefficient (Wildman–Crippen LogP) is 4.31. The average molecular weight is 264 g/mol. The zero-order valence-corrected chi connectivity index (χ0v) is 12.1. The molecule has 0 saturated carbocycles. The summed E-state index contributed by atoms with van der Waals surface area (Å²) < 4.78 is 1.92. The molecule has 0 unspecified atom stereocenters. The molecule has 0 aliphatic heterocycles. The summed E-state index contributed by atoms with van der Waals surface area (Å²) in [5, 5.41) is 5.54. The van der Waals surface area contributed by atoms with Crippen LogP contribution in [0.4, 0.5) is 0 Å². The third-order valence-corrected chi connectivity index (χ3v) is 4.05. The maximum atomic E-state index is 4.31. The fraction of sp³-hybridized carbons (Fsp3) is 0.278. The molecule has 2 aromatic carbocycles. The lowest BCUT2D eigenvalue weighted by Gasteiger charge is -2.12. The fourth-order valence-electron chi connectivity index (χ4n) is 2.68. The van der Waals surface area contributed by atoms with Gasteiger partial charge in [-0.05, 0) is 42.0 Å². The lowest BCUT2D eigenvalue weighted by atomic mass is 9.93. The highest BCUT2D eigenvalue weighted by atomic mass is 15.2. The number of benzene rings is 2. The van der Waals surface area contributed by atoms with Crippen LogP contribution in [0.5, 0.6) is 0 Å². The van der Waals surface area contributed by atoms with Gasteiger partial charge in [0, 0.05) is 12.4 Å². The molecule has 20 heavy (non-hydrogen) atoms. The topological polar surface area (TPSA) is 17.8 Å². The standard InChI is InChI=1S/C18H20N2/c1-14(8-9-15-6-4-3-5-7-15)16-10-11-18-17(12-16)13-19-20(18)2/h3-7,10-14H,8-9H2,1-2H3/t14-/m1/s1.